The minimum absolute atomic E-state index is 0.194. The molecule has 124 valence electrons. The number of likely N-dealkylation sites (tertiary alicyclic amines) is 1. The lowest BCUT2D eigenvalue weighted by Crippen LogP contribution is -2.42. The molecule has 1 amide bonds. The second kappa shape index (κ2) is 6.69. The Morgan fingerprint density at radius 3 is 2.65 bits per heavy atom. The zero-order chi connectivity index (χ0) is 16.4. The van der Waals surface area contributed by atoms with E-state index in [2.05, 4.69) is 17.1 Å². The zero-order valence-electron chi connectivity index (χ0n) is 13.7. The lowest BCUT2D eigenvalue weighted by atomic mass is 10.1. The molecule has 0 aliphatic carbocycles. The van der Waals surface area contributed by atoms with Gasteiger partial charge in [-0.1, -0.05) is 23.9 Å². The Hall–Kier alpha value is -1.27. The fraction of sp³-hybridized carbons (Fsp3) is 0.529. The molecule has 1 aromatic heterocycles. The molecule has 1 saturated heterocycles. The number of benzene rings is 1. The number of aromatic nitrogens is 1. The summed E-state index contributed by atoms with van der Waals surface area (Å²) in [7, 11) is 0. The molecule has 0 N–H and O–H groups in total. The highest BCUT2D eigenvalue weighted by atomic mass is 32.2. The molecule has 2 heterocycles. The molecule has 1 aliphatic rings. The lowest BCUT2D eigenvalue weighted by Gasteiger charge is -2.32. The van der Waals surface area contributed by atoms with E-state index in [0.717, 1.165) is 35.8 Å². The number of thioether (sulfide) groups is 1. The zero-order valence-corrected chi connectivity index (χ0v) is 15.4. The van der Waals surface area contributed by atoms with Gasteiger partial charge < -0.3 is 9.64 Å². The number of fused-ring (bicyclic) bond motifs is 1. The summed E-state index contributed by atoms with van der Waals surface area (Å²) in [6.07, 6.45) is 1.78. The third-order valence-electron chi connectivity index (χ3n) is 3.64. The number of amides is 1. The molecule has 6 heteroatoms. The summed E-state index contributed by atoms with van der Waals surface area (Å²) < 4.78 is 7.80. The SMILES string of the molecule is CC(C)(C)OC(=O)N1CCC(Sc2nc3ccccc3s2)CC1. The highest BCUT2D eigenvalue weighted by Gasteiger charge is 2.27. The Morgan fingerprint density at radius 1 is 1.30 bits per heavy atom. The van der Waals surface area contributed by atoms with Crippen LogP contribution in [0.15, 0.2) is 28.6 Å². The van der Waals surface area contributed by atoms with Crippen LogP contribution in [0.25, 0.3) is 10.2 Å². The van der Waals surface area contributed by atoms with Gasteiger partial charge in [0.05, 0.1) is 10.2 Å². The summed E-state index contributed by atoms with van der Waals surface area (Å²) in [4.78, 5) is 18.6. The largest absolute Gasteiger partial charge is 0.444 e. The summed E-state index contributed by atoms with van der Waals surface area (Å²) in [6, 6.07) is 8.24. The lowest BCUT2D eigenvalue weighted by molar-refractivity contribution is 0.0219. The Bertz CT molecular complexity index is 652. The molecule has 0 radical (unpaired) electrons. The first-order chi connectivity index (χ1) is 10.9. The highest BCUT2D eigenvalue weighted by molar-refractivity contribution is 8.01. The summed E-state index contributed by atoms with van der Waals surface area (Å²) in [5, 5.41) is 0.522. The van der Waals surface area contributed by atoms with Crippen LogP contribution in [0.5, 0.6) is 0 Å². The normalized spacial score (nSPS) is 16.7. The second-order valence-electron chi connectivity index (χ2n) is 6.73. The van der Waals surface area contributed by atoms with Crippen molar-refractivity contribution in [1.29, 1.82) is 0 Å². The summed E-state index contributed by atoms with van der Waals surface area (Å²) in [5.74, 6) is 0. The molecule has 1 aromatic carbocycles. The fourth-order valence-corrected chi connectivity index (χ4v) is 4.98. The molecule has 0 saturated carbocycles. The van der Waals surface area contributed by atoms with Crippen LogP contribution < -0.4 is 0 Å². The van der Waals surface area contributed by atoms with Crippen molar-refractivity contribution in [1.82, 2.24) is 9.88 Å². The number of rotatable bonds is 2. The van der Waals surface area contributed by atoms with Crippen molar-refractivity contribution in [3.63, 3.8) is 0 Å². The maximum absolute atomic E-state index is 12.1. The third kappa shape index (κ3) is 4.38. The van der Waals surface area contributed by atoms with Crippen LogP contribution in [0.4, 0.5) is 4.79 Å². The predicted octanol–water partition coefficient (Wildman–Crippen LogP) is 4.79. The van der Waals surface area contributed by atoms with E-state index in [9.17, 15) is 4.79 Å². The number of nitrogens with zero attached hydrogens (tertiary/aromatic N) is 2. The van der Waals surface area contributed by atoms with Gasteiger partial charge in [0.25, 0.3) is 0 Å². The molecule has 0 spiro atoms. The maximum Gasteiger partial charge on any atom is 0.410 e. The van der Waals surface area contributed by atoms with Crippen molar-refractivity contribution in [3.05, 3.63) is 24.3 Å². The van der Waals surface area contributed by atoms with Gasteiger partial charge >= 0.3 is 6.09 Å². The summed E-state index contributed by atoms with van der Waals surface area (Å²) in [5.41, 5.74) is 0.648. The van der Waals surface area contributed by atoms with E-state index in [4.69, 9.17) is 4.74 Å². The first kappa shape index (κ1) is 16.6. The average Bonchev–Trinajstić information content (AvgIpc) is 2.88. The fourth-order valence-electron chi connectivity index (χ4n) is 2.53. The standard InChI is InChI=1S/C17H22N2O2S2/c1-17(2,3)21-16(20)19-10-8-12(9-11-19)22-15-18-13-6-4-5-7-14(13)23-15/h4-7,12H,8-11H2,1-3H3. The first-order valence-electron chi connectivity index (χ1n) is 7.91. The van der Waals surface area contributed by atoms with Gasteiger partial charge in [-0.05, 0) is 45.7 Å². The number of para-hydroxylation sites is 1. The van der Waals surface area contributed by atoms with Crippen molar-refractivity contribution < 1.29 is 9.53 Å². The van der Waals surface area contributed by atoms with Gasteiger partial charge in [-0.3, -0.25) is 0 Å². The number of piperidine rings is 1. The van der Waals surface area contributed by atoms with Crippen LogP contribution in [-0.2, 0) is 4.74 Å². The Morgan fingerprint density at radius 2 is 2.00 bits per heavy atom. The second-order valence-corrected chi connectivity index (χ2v) is 9.31. The van der Waals surface area contributed by atoms with E-state index in [-0.39, 0.29) is 6.09 Å². The smallest absolute Gasteiger partial charge is 0.410 e. The van der Waals surface area contributed by atoms with Gasteiger partial charge in [0.1, 0.15) is 5.60 Å². The van der Waals surface area contributed by atoms with Crippen molar-refractivity contribution in [3.8, 4) is 0 Å². The number of hydrogen-bond donors (Lipinski definition) is 0. The number of carbonyl (C=O) groups excluding carboxylic acids is 1. The van der Waals surface area contributed by atoms with E-state index in [0.29, 0.717) is 5.25 Å². The van der Waals surface area contributed by atoms with E-state index < -0.39 is 5.60 Å². The Kier molecular flexibility index (Phi) is 4.82. The van der Waals surface area contributed by atoms with E-state index in [1.807, 2.05) is 49.6 Å². The highest BCUT2D eigenvalue weighted by Crippen LogP contribution is 2.35. The van der Waals surface area contributed by atoms with Crippen LogP contribution in [0.3, 0.4) is 0 Å². The van der Waals surface area contributed by atoms with Gasteiger partial charge in [-0.25, -0.2) is 9.78 Å². The van der Waals surface area contributed by atoms with E-state index >= 15 is 0 Å². The monoisotopic (exact) mass is 350 g/mol. The Balaban J connectivity index is 1.54. The number of carbonyl (C=O) groups is 1. The molecule has 3 rings (SSSR count). The predicted molar refractivity (Wildman–Crippen MR) is 96.3 cm³/mol. The molecule has 0 atom stereocenters. The molecular weight excluding hydrogens is 328 g/mol. The maximum atomic E-state index is 12.1. The van der Waals surface area contributed by atoms with Crippen molar-refractivity contribution in [2.45, 2.75) is 48.8 Å². The van der Waals surface area contributed by atoms with Crippen LogP contribution in [0, 0.1) is 0 Å². The Labute approximate surface area is 145 Å². The molecule has 23 heavy (non-hydrogen) atoms. The third-order valence-corrected chi connectivity index (χ3v) is 6.10. The van der Waals surface area contributed by atoms with Crippen LogP contribution >= 0.6 is 23.1 Å². The number of ether oxygens (including phenoxy) is 1. The van der Waals surface area contributed by atoms with Gasteiger partial charge in [-0.2, -0.15) is 0 Å². The molecule has 0 unspecified atom stereocenters. The van der Waals surface area contributed by atoms with Gasteiger partial charge in [0.15, 0.2) is 4.34 Å². The molecule has 4 nitrogen and oxygen atoms in total. The molecule has 1 fully saturated rings. The summed E-state index contributed by atoms with van der Waals surface area (Å²) in [6.45, 7) is 7.23. The topological polar surface area (TPSA) is 42.4 Å². The van der Waals surface area contributed by atoms with Crippen molar-refractivity contribution in [2.24, 2.45) is 0 Å². The van der Waals surface area contributed by atoms with Crippen LogP contribution in [0.1, 0.15) is 33.6 Å². The quantitative estimate of drug-likeness (QED) is 0.781. The minimum atomic E-state index is -0.427. The van der Waals surface area contributed by atoms with Crippen LogP contribution in [-0.4, -0.2) is 39.9 Å². The van der Waals surface area contributed by atoms with Gasteiger partial charge in [-0.15, -0.1) is 11.3 Å². The minimum Gasteiger partial charge on any atom is -0.444 e. The molecule has 1 aliphatic heterocycles. The van der Waals surface area contributed by atoms with Crippen LogP contribution in [0.2, 0.25) is 0 Å². The molecular formula is C17H22N2O2S2. The molecule has 2 aromatic rings. The summed E-state index contributed by atoms with van der Waals surface area (Å²) >= 11 is 3.60. The van der Waals surface area contributed by atoms with Gasteiger partial charge in [0, 0.05) is 18.3 Å². The van der Waals surface area contributed by atoms with Crippen molar-refractivity contribution >= 4 is 39.4 Å². The van der Waals surface area contributed by atoms with Crippen molar-refractivity contribution in [2.75, 3.05) is 13.1 Å². The van der Waals surface area contributed by atoms with E-state index in [1.54, 1.807) is 11.3 Å². The average molecular weight is 351 g/mol. The van der Waals surface area contributed by atoms with Gasteiger partial charge in [0.2, 0.25) is 0 Å². The number of hydrogen-bond acceptors (Lipinski definition) is 5. The van der Waals surface area contributed by atoms with E-state index in [1.165, 1.54) is 4.70 Å². The first-order valence-corrected chi connectivity index (χ1v) is 9.60. The molecule has 0 bridgehead atoms. The number of thiazole rings is 1.